The average molecular weight is 240 g/mol. The highest BCUT2D eigenvalue weighted by molar-refractivity contribution is 7.98. The SMILES string of the molecule is CSc1cc(C)nc(-c2ccccc2)c1C#N. The summed E-state index contributed by atoms with van der Waals surface area (Å²) in [4.78, 5) is 5.47. The molecule has 84 valence electrons. The molecule has 0 atom stereocenters. The summed E-state index contributed by atoms with van der Waals surface area (Å²) in [5, 5.41) is 9.28. The molecule has 2 nitrogen and oxygen atoms in total. The Kier molecular flexibility index (Phi) is 3.46. The van der Waals surface area contributed by atoms with Crippen molar-refractivity contribution in [3.8, 4) is 17.3 Å². The number of benzene rings is 1. The van der Waals surface area contributed by atoms with Gasteiger partial charge in [0.15, 0.2) is 0 Å². The molecule has 2 aromatic rings. The lowest BCUT2D eigenvalue weighted by Gasteiger charge is -2.08. The molecule has 3 heteroatoms. The molecule has 0 N–H and O–H groups in total. The first-order chi connectivity index (χ1) is 8.26. The van der Waals surface area contributed by atoms with Crippen LogP contribution >= 0.6 is 11.8 Å². The Morgan fingerprint density at radius 2 is 1.94 bits per heavy atom. The van der Waals surface area contributed by atoms with Crippen molar-refractivity contribution in [2.24, 2.45) is 0 Å². The lowest BCUT2D eigenvalue weighted by Crippen LogP contribution is -1.94. The normalized spacial score (nSPS) is 9.94. The zero-order valence-electron chi connectivity index (χ0n) is 9.77. The number of hydrogen-bond donors (Lipinski definition) is 0. The Balaban J connectivity index is 2.70. The molecule has 0 unspecified atom stereocenters. The molecule has 0 fully saturated rings. The Labute approximate surface area is 105 Å². The number of nitrogens with zero attached hydrogens (tertiary/aromatic N) is 2. The predicted molar refractivity (Wildman–Crippen MR) is 70.9 cm³/mol. The second-order valence-electron chi connectivity index (χ2n) is 3.67. The Morgan fingerprint density at radius 3 is 2.53 bits per heavy atom. The average Bonchev–Trinajstić information content (AvgIpc) is 2.38. The van der Waals surface area contributed by atoms with E-state index in [9.17, 15) is 5.26 Å². The highest BCUT2D eigenvalue weighted by atomic mass is 32.2. The van der Waals surface area contributed by atoms with Crippen molar-refractivity contribution in [3.05, 3.63) is 47.7 Å². The summed E-state index contributed by atoms with van der Waals surface area (Å²) < 4.78 is 0. The predicted octanol–water partition coefficient (Wildman–Crippen LogP) is 3.65. The van der Waals surface area contributed by atoms with Gasteiger partial charge in [0.1, 0.15) is 6.07 Å². The van der Waals surface area contributed by atoms with Gasteiger partial charge in [-0.05, 0) is 19.2 Å². The van der Waals surface area contributed by atoms with Gasteiger partial charge >= 0.3 is 0 Å². The minimum absolute atomic E-state index is 0.661. The quantitative estimate of drug-likeness (QED) is 0.752. The van der Waals surface area contributed by atoms with E-state index in [-0.39, 0.29) is 0 Å². The Bertz CT molecular complexity index is 571. The second kappa shape index (κ2) is 5.03. The molecule has 0 amide bonds. The van der Waals surface area contributed by atoms with Crippen molar-refractivity contribution in [2.75, 3.05) is 6.26 Å². The smallest absolute Gasteiger partial charge is 0.103 e. The van der Waals surface area contributed by atoms with Crippen LogP contribution in [0.3, 0.4) is 0 Å². The summed E-state index contributed by atoms with van der Waals surface area (Å²) in [5.74, 6) is 0. The molecule has 17 heavy (non-hydrogen) atoms. The van der Waals surface area contributed by atoms with E-state index >= 15 is 0 Å². The molecular weight excluding hydrogens is 228 g/mol. The summed E-state index contributed by atoms with van der Waals surface area (Å²) in [7, 11) is 0. The fourth-order valence-electron chi connectivity index (χ4n) is 1.72. The maximum Gasteiger partial charge on any atom is 0.103 e. The monoisotopic (exact) mass is 240 g/mol. The number of rotatable bonds is 2. The molecule has 0 radical (unpaired) electrons. The molecule has 0 saturated carbocycles. The van der Waals surface area contributed by atoms with Crippen LogP contribution in [0.2, 0.25) is 0 Å². The maximum absolute atomic E-state index is 9.28. The third-order valence-electron chi connectivity index (χ3n) is 2.49. The Morgan fingerprint density at radius 1 is 1.24 bits per heavy atom. The molecule has 1 aromatic heterocycles. The van der Waals surface area contributed by atoms with E-state index in [0.717, 1.165) is 21.8 Å². The van der Waals surface area contributed by atoms with Gasteiger partial charge in [0.2, 0.25) is 0 Å². The number of hydrogen-bond acceptors (Lipinski definition) is 3. The van der Waals surface area contributed by atoms with Crippen molar-refractivity contribution in [2.45, 2.75) is 11.8 Å². The first kappa shape index (κ1) is 11.7. The topological polar surface area (TPSA) is 36.7 Å². The number of pyridine rings is 1. The van der Waals surface area contributed by atoms with Crippen LogP contribution in [0, 0.1) is 18.3 Å². The summed E-state index contributed by atoms with van der Waals surface area (Å²) in [6.45, 7) is 1.95. The number of nitriles is 1. The van der Waals surface area contributed by atoms with E-state index in [4.69, 9.17) is 0 Å². The molecule has 0 saturated heterocycles. The van der Waals surface area contributed by atoms with Crippen LogP contribution in [-0.4, -0.2) is 11.2 Å². The van der Waals surface area contributed by atoms with E-state index in [1.807, 2.05) is 49.6 Å². The Hall–Kier alpha value is -1.79. The van der Waals surface area contributed by atoms with Gasteiger partial charge in [-0.25, -0.2) is 0 Å². The molecule has 2 rings (SSSR count). The summed E-state index contributed by atoms with van der Waals surface area (Å²) in [6, 6.07) is 14.0. The third-order valence-corrected chi connectivity index (χ3v) is 3.25. The van der Waals surface area contributed by atoms with Crippen LogP contribution in [0.25, 0.3) is 11.3 Å². The lowest BCUT2D eigenvalue weighted by molar-refractivity contribution is 1.14. The van der Waals surface area contributed by atoms with E-state index in [0.29, 0.717) is 5.56 Å². The highest BCUT2D eigenvalue weighted by Gasteiger charge is 2.11. The zero-order valence-corrected chi connectivity index (χ0v) is 10.6. The molecule has 0 aliphatic carbocycles. The van der Waals surface area contributed by atoms with Gasteiger partial charge in [0, 0.05) is 16.2 Å². The molecule has 0 aliphatic rings. The molecular formula is C14H12N2S. The van der Waals surface area contributed by atoms with Crippen LogP contribution in [0.1, 0.15) is 11.3 Å². The first-order valence-electron chi connectivity index (χ1n) is 5.27. The van der Waals surface area contributed by atoms with Crippen molar-refractivity contribution in [3.63, 3.8) is 0 Å². The van der Waals surface area contributed by atoms with Crippen LogP contribution in [-0.2, 0) is 0 Å². The summed E-state index contributed by atoms with van der Waals surface area (Å²) in [5.41, 5.74) is 3.36. The molecule has 1 heterocycles. The first-order valence-corrected chi connectivity index (χ1v) is 6.50. The molecule has 0 bridgehead atoms. The van der Waals surface area contributed by atoms with Crippen molar-refractivity contribution in [1.82, 2.24) is 4.98 Å². The van der Waals surface area contributed by atoms with Crippen LogP contribution in [0.15, 0.2) is 41.3 Å². The van der Waals surface area contributed by atoms with Gasteiger partial charge in [-0.1, -0.05) is 30.3 Å². The number of aromatic nitrogens is 1. The largest absolute Gasteiger partial charge is 0.252 e. The van der Waals surface area contributed by atoms with E-state index in [1.165, 1.54) is 0 Å². The third kappa shape index (κ3) is 2.32. The molecule has 0 aliphatic heterocycles. The summed E-state index contributed by atoms with van der Waals surface area (Å²) >= 11 is 1.58. The van der Waals surface area contributed by atoms with E-state index < -0.39 is 0 Å². The van der Waals surface area contributed by atoms with Gasteiger partial charge in [0.05, 0.1) is 11.3 Å². The maximum atomic E-state index is 9.28. The van der Waals surface area contributed by atoms with Crippen molar-refractivity contribution >= 4 is 11.8 Å². The van der Waals surface area contributed by atoms with Gasteiger partial charge < -0.3 is 0 Å². The van der Waals surface area contributed by atoms with Gasteiger partial charge in [-0.2, -0.15) is 5.26 Å². The van der Waals surface area contributed by atoms with Crippen molar-refractivity contribution in [1.29, 1.82) is 5.26 Å². The minimum Gasteiger partial charge on any atom is -0.252 e. The summed E-state index contributed by atoms with van der Waals surface area (Å²) in [6.07, 6.45) is 1.98. The van der Waals surface area contributed by atoms with Crippen molar-refractivity contribution < 1.29 is 0 Å². The molecule has 0 spiro atoms. The lowest BCUT2D eigenvalue weighted by atomic mass is 10.1. The second-order valence-corrected chi connectivity index (χ2v) is 4.52. The zero-order chi connectivity index (χ0) is 12.3. The number of thioether (sulfide) groups is 1. The molecule has 1 aromatic carbocycles. The fraction of sp³-hybridized carbons (Fsp3) is 0.143. The fourth-order valence-corrected chi connectivity index (χ4v) is 2.35. The van der Waals surface area contributed by atoms with Crippen LogP contribution < -0.4 is 0 Å². The minimum atomic E-state index is 0.661. The standard InChI is InChI=1S/C14H12N2S/c1-10-8-13(17-2)12(9-15)14(16-10)11-6-4-3-5-7-11/h3-8H,1-2H3. The van der Waals surface area contributed by atoms with Gasteiger partial charge in [-0.15, -0.1) is 11.8 Å². The van der Waals surface area contributed by atoms with Gasteiger partial charge in [-0.3, -0.25) is 4.98 Å². The van der Waals surface area contributed by atoms with Gasteiger partial charge in [0.25, 0.3) is 0 Å². The van der Waals surface area contributed by atoms with E-state index in [1.54, 1.807) is 11.8 Å². The van der Waals surface area contributed by atoms with E-state index in [2.05, 4.69) is 11.1 Å². The highest BCUT2D eigenvalue weighted by Crippen LogP contribution is 2.29. The number of aryl methyl sites for hydroxylation is 1. The van der Waals surface area contributed by atoms with Crippen LogP contribution in [0.5, 0.6) is 0 Å². The van der Waals surface area contributed by atoms with Crippen LogP contribution in [0.4, 0.5) is 0 Å².